The quantitative estimate of drug-likeness (QED) is 0.665. The molecule has 0 aliphatic carbocycles. The number of amides is 1. The van der Waals surface area contributed by atoms with Crippen LogP contribution in [0.3, 0.4) is 0 Å². The van der Waals surface area contributed by atoms with Crippen molar-refractivity contribution >= 4 is 5.91 Å². The maximum atomic E-state index is 11.2. The number of ether oxygens (including phenoxy) is 1. The monoisotopic (exact) mass is 185 g/mol. The third-order valence-corrected chi connectivity index (χ3v) is 2.07. The van der Waals surface area contributed by atoms with Crippen molar-refractivity contribution < 1.29 is 9.53 Å². The number of nitrogens with zero attached hydrogens (tertiary/aromatic N) is 1. The van der Waals surface area contributed by atoms with Gasteiger partial charge in [0.25, 0.3) is 0 Å². The van der Waals surface area contributed by atoms with Crippen LogP contribution in [0.25, 0.3) is 0 Å². The number of hydrogen-bond donors (Lipinski definition) is 0. The van der Waals surface area contributed by atoms with Gasteiger partial charge in [0.05, 0.1) is 12.2 Å². The van der Waals surface area contributed by atoms with E-state index in [1.165, 1.54) is 0 Å². The molecule has 3 nitrogen and oxygen atoms in total. The summed E-state index contributed by atoms with van der Waals surface area (Å²) in [6.45, 7) is 8.38. The molecule has 1 amide bonds. The van der Waals surface area contributed by atoms with E-state index in [2.05, 4.69) is 0 Å². The lowest BCUT2D eigenvalue weighted by molar-refractivity contribution is -0.129. The van der Waals surface area contributed by atoms with Crippen LogP contribution in [0.4, 0.5) is 0 Å². The molecule has 76 valence electrons. The van der Waals surface area contributed by atoms with Crippen molar-refractivity contribution in [1.82, 2.24) is 4.90 Å². The lowest BCUT2D eigenvalue weighted by Gasteiger charge is -2.22. The Hall–Kier alpha value is -0.570. The molecule has 0 aromatic carbocycles. The summed E-state index contributed by atoms with van der Waals surface area (Å²) >= 11 is 0. The van der Waals surface area contributed by atoms with E-state index < -0.39 is 0 Å². The molecule has 1 saturated heterocycles. The Kier molecular flexibility index (Phi) is 3.31. The van der Waals surface area contributed by atoms with E-state index in [9.17, 15) is 4.79 Å². The minimum absolute atomic E-state index is 0.0945. The van der Waals surface area contributed by atoms with Gasteiger partial charge in [-0.3, -0.25) is 4.79 Å². The van der Waals surface area contributed by atoms with Gasteiger partial charge in [-0.1, -0.05) is 0 Å². The molecule has 13 heavy (non-hydrogen) atoms. The first-order valence-corrected chi connectivity index (χ1v) is 4.91. The summed E-state index contributed by atoms with van der Waals surface area (Å²) < 4.78 is 5.55. The zero-order valence-electron chi connectivity index (χ0n) is 8.80. The van der Waals surface area contributed by atoms with Gasteiger partial charge in [-0.25, -0.2) is 0 Å². The Morgan fingerprint density at radius 2 is 2.15 bits per heavy atom. The summed E-state index contributed by atoms with van der Waals surface area (Å²) in [5.41, 5.74) is -0.0945. The molecular weight excluding hydrogens is 166 g/mol. The first-order chi connectivity index (χ1) is 5.99. The zero-order chi connectivity index (χ0) is 9.90. The van der Waals surface area contributed by atoms with Gasteiger partial charge in [-0.05, 0) is 27.2 Å². The van der Waals surface area contributed by atoms with Crippen molar-refractivity contribution in [2.45, 2.75) is 39.2 Å². The van der Waals surface area contributed by atoms with E-state index in [1.807, 2.05) is 25.7 Å². The lowest BCUT2D eigenvalue weighted by Crippen LogP contribution is -2.31. The van der Waals surface area contributed by atoms with Gasteiger partial charge in [0.1, 0.15) is 0 Å². The van der Waals surface area contributed by atoms with Gasteiger partial charge in [0.2, 0.25) is 5.91 Å². The molecule has 0 N–H and O–H groups in total. The highest BCUT2D eigenvalue weighted by molar-refractivity contribution is 5.77. The van der Waals surface area contributed by atoms with Crippen molar-refractivity contribution in [3.63, 3.8) is 0 Å². The summed E-state index contributed by atoms with van der Waals surface area (Å²) in [6, 6.07) is 0. The number of rotatable bonds is 3. The lowest BCUT2D eigenvalue weighted by atomic mass is 10.2. The molecule has 0 spiro atoms. The highest BCUT2D eigenvalue weighted by Gasteiger charge is 2.20. The normalized spacial score (nSPS) is 18.4. The van der Waals surface area contributed by atoms with Crippen LogP contribution in [0.5, 0.6) is 0 Å². The number of carbonyl (C=O) groups excluding carboxylic acids is 1. The molecular formula is C10H19NO2. The molecule has 0 unspecified atom stereocenters. The predicted molar refractivity (Wildman–Crippen MR) is 51.5 cm³/mol. The summed E-state index contributed by atoms with van der Waals surface area (Å²) in [6.07, 6.45) is 1.73. The van der Waals surface area contributed by atoms with Crippen LogP contribution in [0.15, 0.2) is 0 Å². The Balaban J connectivity index is 2.16. The molecule has 3 heteroatoms. The standard InChI is InChI=1S/C10H19NO2/c1-10(2,3)13-8-7-11-6-4-5-9(11)12/h4-8H2,1-3H3. The minimum atomic E-state index is -0.0945. The maximum absolute atomic E-state index is 11.2. The van der Waals surface area contributed by atoms with Crippen LogP contribution in [0.2, 0.25) is 0 Å². The molecule has 1 aliphatic rings. The van der Waals surface area contributed by atoms with Crippen LogP contribution in [-0.2, 0) is 9.53 Å². The first-order valence-electron chi connectivity index (χ1n) is 4.91. The molecule has 0 atom stereocenters. The van der Waals surface area contributed by atoms with Gasteiger partial charge in [-0.15, -0.1) is 0 Å². The van der Waals surface area contributed by atoms with Gasteiger partial charge in [-0.2, -0.15) is 0 Å². The smallest absolute Gasteiger partial charge is 0.222 e. The topological polar surface area (TPSA) is 29.5 Å². The van der Waals surface area contributed by atoms with E-state index in [-0.39, 0.29) is 11.5 Å². The summed E-state index contributed by atoms with van der Waals surface area (Å²) in [5, 5.41) is 0. The van der Waals surface area contributed by atoms with Crippen LogP contribution in [0.1, 0.15) is 33.6 Å². The predicted octanol–water partition coefficient (Wildman–Crippen LogP) is 1.42. The van der Waals surface area contributed by atoms with E-state index in [0.29, 0.717) is 6.61 Å². The molecule has 0 aromatic rings. The maximum Gasteiger partial charge on any atom is 0.222 e. The minimum Gasteiger partial charge on any atom is -0.374 e. The van der Waals surface area contributed by atoms with E-state index >= 15 is 0 Å². The summed E-state index contributed by atoms with van der Waals surface area (Å²) in [7, 11) is 0. The third-order valence-electron chi connectivity index (χ3n) is 2.07. The Bertz CT molecular complexity index is 184. The van der Waals surface area contributed by atoms with Crippen LogP contribution in [-0.4, -0.2) is 36.1 Å². The molecule has 0 saturated carbocycles. The van der Waals surface area contributed by atoms with Crippen molar-refractivity contribution in [1.29, 1.82) is 0 Å². The fourth-order valence-corrected chi connectivity index (χ4v) is 1.40. The number of likely N-dealkylation sites (tertiary alicyclic amines) is 1. The van der Waals surface area contributed by atoms with Crippen molar-refractivity contribution in [2.24, 2.45) is 0 Å². The average molecular weight is 185 g/mol. The molecule has 0 aromatic heterocycles. The summed E-state index contributed by atoms with van der Waals surface area (Å²) in [4.78, 5) is 13.1. The second-order valence-corrected chi connectivity index (χ2v) is 4.45. The fourth-order valence-electron chi connectivity index (χ4n) is 1.40. The fraction of sp³-hybridized carbons (Fsp3) is 0.900. The Morgan fingerprint density at radius 3 is 2.62 bits per heavy atom. The van der Waals surface area contributed by atoms with Crippen molar-refractivity contribution in [3.8, 4) is 0 Å². The highest BCUT2D eigenvalue weighted by Crippen LogP contribution is 2.10. The van der Waals surface area contributed by atoms with Gasteiger partial charge in [0, 0.05) is 19.5 Å². The van der Waals surface area contributed by atoms with Crippen LogP contribution >= 0.6 is 0 Å². The van der Waals surface area contributed by atoms with Gasteiger partial charge < -0.3 is 9.64 Å². The zero-order valence-corrected chi connectivity index (χ0v) is 8.80. The Morgan fingerprint density at radius 1 is 1.46 bits per heavy atom. The van der Waals surface area contributed by atoms with Gasteiger partial charge >= 0.3 is 0 Å². The van der Waals surface area contributed by atoms with E-state index in [1.54, 1.807) is 0 Å². The highest BCUT2D eigenvalue weighted by atomic mass is 16.5. The van der Waals surface area contributed by atoms with E-state index in [0.717, 1.165) is 25.9 Å². The third kappa shape index (κ3) is 3.77. The van der Waals surface area contributed by atoms with Crippen LogP contribution in [0, 0.1) is 0 Å². The second-order valence-electron chi connectivity index (χ2n) is 4.45. The SMILES string of the molecule is CC(C)(C)OCCN1CCCC1=O. The first kappa shape index (κ1) is 10.5. The molecule has 1 heterocycles. The Labute approximate surface area is 80.1 Å². The average Bonchev–Trinajstić information content (AvgIpc) is 2.34. The number of hydrogen-bond acceptors (Lipinski definition) is 2. The van der Waals surface area contributed by atoms with Gasteiger partial charge in [0.15, 0.2) is 0 Å². The molecule has 0 bridgehead atoms. The molecule has 0 radical (unpaired) electrons. The largest absolute Gasteiger partial charge is 0.374 e. The second kappa shape index (κ2) is 4.09. The molecule has 1 rings (SSSR count). The van der Waals surface area contributed by atoms with Crippen molar-refractivity contribution in [2.75, 3.05) is 19.7 Å². The van der Waals surface area contributed by atoms with E-state index in [4.69, 9.17) is 4.74 Å². The van der Waals surface area contributed by atoms with Crippen molar-refractivity contribution in [3.05, 3.63) is 0 Å². The van der Waals surface area contributed by atoms with Crippen LogP contribution < -0.4 is 0 Å². The summed E-state index contributed by atoms with van der Waals surface area (Å²) in [5.74, 6) is 0.275. The molecule has 1 aliphatic heterocycles. The number of carbonyl (C=O) groups is 1. The molecule has 1 fully saturated rings.